The zero-order chi connectivity index (χ0) is 41.4. The fourth-order valence-electron chi connectivity index (χ4n) is 9.58. The zero-order valence-electron chi connectivity index (χ0n) is 35.5. The van der Waals surface area contributed by atoms with Crippen LogP contribution in [0.5, 0.6) is 11.5 Å². The van der Waals surface area contributed by atoms with Gasteiger partial charge in [0.25, 0.3) is 0 Å². The quantitative estimate of drug-likeness (QED) is 0.0220. The largest absolute Gasteiger partial charge is 0.504 e. The van der Waals surface area contributed by atoms with Gasteiger partial charge in [0, 0.05) is 46.1 Å². The number of unbranched alkanes of at least 4 members (excludes halogenated alkanes) is 1. The molecule has 0 amide bonds. The van der Waals surface area contributed by atoms with E-state index in [2.05, 4.69) is 34.7 Å². The van der Waals surface area contributed by atoms with Crippen LogP contribution >= 0.6 is 0 Å². The van der Waals surface area contributed by atoms with Crippen molar-refractivity contribution in [1.29, 1.82) is 0 Å². The zero-order valence-corrected chi connectivity index (χ0v) is 35.5. The topological polar surface area (TPSA) is 204 Å². The van der Waals surface area contributed by atoms with Crippen LogP contribution in [0.2, 0.25) is 0 Å². The van der Waals surface area contributed by atoms with Crippen molar-refractivity contribution < 1.29 is 29.9 Å². The summed E-state index contributed by atoms with van der Waals surface area (Å²) in [5.74, 6) is 4.87. The number of benzene rings is 1. The van der Waals surface area contributed by atoms with Crippen LogP contribution in [0.15, 0.2) is 51.6 Å². The van der Waals surface area contributed by atoms with Gasteiger partial charge in [-0.15, -0.1) is 16.6 Å². The fraction of sp³-hybridized carbons (Fsp3) is 0.696. The molecule has 8 unspecified atom stereocenters. The van der Waals surface area contributed by atoms with E-state index in [1.54, 1.807) is 20.0 Å². The van der Waals surface area contributed by atoms with E-state index in [0.29, 0.717) is 60.0 Å². The third-order valence-corrected chi connectivity index (χ3v) is 12.9. The molecule has 0 radical (unpaired) electrons. The molecule has 4 aliphatic rings. The highest BCUT2D eigenvalue weighted by molar-refractivity contribution is 6.03. The van der Waals surface area contributed by atoms with Gasteiger partial charge in [-0.2, -0.15) is 0 Å². The summed E-state index contributed by atoms with van der Waals surface area (Å²) in [4.78, 5) is 8.89. The van der Waals surface area contributed by atoms with E-state index in [1.165, 1.54) is 44.4 Å². The number of phenols is 1. The summed E-state index contributed by atoms with van der Waals surface area (Å²) in [6.07, 6.45) is 19.9. The molecule has 1 aromatic carbocycles. The molecule has 12 heteroatoms. The van der Waals surface area contributed by atoms with Crippen LogP contribution in [-0.4, -0.2) is 102 Å². The number of hydrogen-bond donors (Lipinski definition) is 8. The molecular formula is C46H75N6O6+. The van der Waals surface area contributed by atoms with Crippen LogP contribution in [-0.2, 0) is 6.42 Å². The maximum absolute atomic E-state index is 11.2. The van der Waals surface area contributed by atoms with Crippen LogP contribution in [0.4, 0.5) is 0 Å². The number of aliphatic hydroxyl groups is 5. The molecule has 2 saturated carbocycles. The molecule has 11 N–H and O–H groups in total. The Balaban J connectivity index is 1.05. The molecule has 0 aromatic heterocycles. The number of allylic oxidation sites excluding steroid dienone is 1. The van der Waals surface area contributed by atoms with E-state index in [-0.39, 0.29) is 25.1 Å². The number of aromatic hydroxyl groups is 1. The van der Waals surface area contributed by atoms with Crippen molar-refractivity contribution in [2.75, 3.05) is 46.4 Å². The minimum absolute atomic E-state index is 0.0126. The Labute approximate surface area is 348 Å². The number of aliphatic imine (C=N–C) groups is 2. The number of aryl methyl sites for hydroxylation is 1. The Kier molecular flexibility index (Phi) is 18.6. The van der Waals surface area contributed by atoms with E-state index in [1.807, 2.05) is 12.1 Å². The molecule has 0 spiro atoms. The van der Waals surface area contributed by atoms with Crippen LogP contribution in [0.1, 0.15) is 109 Å². The number of guanidine groups is 1. The fourth-order valence-corrected chi connectivity index (χ4v) is 9.58. The average molecular weight is 808 g/mol. The van der Waals surface area contributed by atoms with Crippen molar-refractivity contribution in [3.05, 3.63) is 59.2 Å². The Hall–Kier alpha value is -3.26. The van der Waals surface area contributed by atoms with Crippen molar-refractivity contribution in [2.45, 2.75) is 128 Å². The first-order chi connectivity index (χ1) is 28.1. The minimum Gasteiger partial charge on any atom is -0.504 e. The lowest BCUT2D eigenvalue weighted by Gasteiger charge is -2.26. The molecule has 2 aliphatic carbocycles. The summed E-state index contributed by atoms with van der Waals surface area (Å²) in [6.45, 7) is 6.96. The predicted octanol–water partition coefficient (Wildman–Crippen LogP) is 5.00. The van der Waals surface area contributed by atoms with Crippen molar-refractivity contribution in [3.8, 4) is 11.5 Å². The lowest BCUT2D eigenvalue weighted by atomic mass is 9.77. The van der Waals surface area contributed by atoms with Gasteiger partial charge in [0.15, 0.2) is 23.6 Å². The molecular weight excluding hydrogens is 733 g/mol. The molecule has 1 aromatic rings. The number of hydrogen-bond acceptors (Lipinski definition) is 9. The SMILES string of the molecule is CN=C(N)NCC(C)CCCC(CCN)CCCCC1[OH+][C-](CCc2ccc(O)c(OCC(O)C3=C[C+]4C(=N3)CCC3CCCC3C4CNCC(C)O)c2)C=C1CO. The number of ether oxygens (including phenoxy) is 2. The molecule has 0 bridgehead atoms. The normalized spacial score (nSPS) is 24.1. The first-order valence-electron chi connectivity index (χ1n) is 22.3. The first kappa shape index (κ1) is 45.8. The van der Waals surface area contributed by atoms with Gasteiger partial charge >= 0.3 is 0 Å². The van der Waals surface area contributed by atoms with E-state index in [9.17, 15) is 20.4 Å². The van der Waals surface area contributed by atoms with Gasteiger partial charge in [-0.1, -0.05) is 51.5 Å². The smallest absolute Gasteiger partial charge is 0.208 e. The number of nitrogens with two attached hydrogens (primary N) is 2. The van der Waals surface area contributed by atoms with E-state index in [4.69, 9.17) is 25.9 Å². The maximum Gasteiger partial charge on any atom is 0.208 e. The third-order valence-electron chi connectivity index (χ3n) is 12.9. The molecule has 2 heterocycles. The highest BCUT2D eigenvalue weighted by Gasteiger charge is 2.49. The lowest BCUT2D eigenvalue weighted by molar-refractivity contribution is -0.0553. The molecule has 12 nitrogen and oxygen atoms in total. The second kappa shape index (κ2) is 23.5. The number of phenolic OH excluding ortho intramolecular Hbond substituents is 1. The number of fused-ring (bicyclic) bond motifs is 2. The summed E-state index contributed by atoms with van der Waals surface area (Å²) in [6, 6.07) is 5.38. The van der Waals surface area contributed by atoms with Gasteiger partial charge in [-0.3, -0.25) is 4.99 Å². The molecule has 0 saturated heterocycles. The minimum atomic E-state index is -0.928. The van der Waals surface area contributed by atoms with Gasteiger partial charge < -0.3 is 52.0 Å². The van der Waals surface area contributed by atoms with Crippen LogP contribution in [0, 0.1) is 41.6 Å². The van der Waals surface area contributed by atoms with Gasteiger partial charge in [0.1, 0.15) is 30.4 Å². The second-order valence-electron chi connectivity index (χ2n) is 17.5. The van der Waals surface area contributed by atoms with E-state index in [0.717, 1.165) is 94.0 Å². The van der Waals surface area contributed by atoms with Gasteiger partial charge in [-0.05, 0) is 99.8 Å². The number of nitrogens with one attached hydrogen (secondary N) is 2. The summed E-state index contributed by atoms with van der Waals surface area (Å²) in [5, 5.41) is 48.5. The lowest BCUT2D eigenvalue weighted by Crippen LogP contribution is -2.36. The standard InChI is InChI=1S/C46H74N6O6/c1-30(25-51-46(48)49-3)8-6-10-32(20-21-47)9-4-5-13-44-35(28-53)23-36(58-44)17-14-33-15-19-42(55)45(22-33)57-29-43(56)41-24-38-39(27-50-26-31(2)54)37-12-7-11-34(37)16-18-40(38)52-41/h15,19,22-24,30-32,34,37,39,43-44,50,53-54,56,58H,4-14,16-18,20-21,25-29,47H2,1-3H3,(H3-,48,49,51,55)/p+1. The highest BCUT2D eigenvalue weighted by atomic mass is 16.5. The van der Waals surface area contributed by atoms with Gasteiger partial charge in [-0.25, -0.2) is 0 Å². The Morgan fingerprint density at radius 3 is 2.71 bits per heavy atom. The summed E-state index contributed by atoms with van der Waals surface area (Å²) < 4.78 is 11.0. The van der Waals surface area contributed by atoms with Gasteiger partial charge in [0.2, 0.25) is 5.70 Å². The monoisotopic (exact) mass is 808 g/mol. The predicted molar refractivity (Wildman–Crippen MR) is 233 cm³/mol. The van der Waals surface area contributed by atoms with Crippen LogP contribution in [0.3, 0.4) is 0 Å². The van der Waals surface area contributed by atoms with E-state index >= 15 is 0 Å². The number of rotatable bonds is 25. The molecule has 5 rings (SSSR count). The van der Waals surface area contributed by atoms with Crippen molar-refractivity contribution in [2.24, 2.45) is 51.0 Å². The molecule has 324 valence electrons. The van der Waals surface area contributed by atoms with Crippen molar-refractivity contribution >= 4 is 11.7 Å². The Morgan fingerprint density at radius 1 is 1.10 bits per heavy atom. The van der Waals surface area contributed by atoms with Crippen LogP contribution in [0.25, 0.3) is 0 Å². The second-order valence-corrected chi connectivity index (χ2v) is 17.5. The van der Waals surface area contributed by atoms with Gasteiger partial charge in [0.05, 0.1) is 18.1 Å². The Morgan fingerprint density at radius 2 is 1.93 bits per heavy atom. The molecule has 2 fully saturated rings. The Bertz CT molecular complexity index is 1530. The molecule has 8 atom stereocenters. The highest BCUT2D eigenvalue weighted by Crippen LogP contribution is 2.48. The summed E-state index contributed by atoms with van der Waals surface area (Å²) in [5.41, 5.74) is 15.4. The van der Waals surface area contributed by atoms with E-state index < -0.39 is 12.2 Å². The number of aliphatic hydroxyl groups excluding tert-OH is 3. The summed E-state index contributed by atoms with van der Waals surface area (Å²) in [7, 11) is 1.69. The van der Waals surface area contributed by atoms with Crippen molar-refractivity contribution in [1.82, 2.24) is 10.6 Å². The number of nitrogens with zero attached hydrogens (tertiary/aromatic N) is 2. The van der Waals surface area contributed by atoms with Crippen LogP contribution < -0.4 is 26.8 Å². The first-order valence-corrected chi connectivity index (χ1v) is 22.3. The maximum atomic E-state index is 11.2. The van der Waals surface area contributed by atoms with Crippen molar-refractivity contribution in [3.63, 3.8) is 0 Å². The molecule has 2 aliphatic heterocycles. The average Bonchev–Trinajstić information content (AvgIpc) is 3.95. The third kappa shape index (κ3) is 13.6. The molecule has 58 heavy (non-hydrogen) atoms. The summed E-state index contributed by atoms with van der Waals surface area (Å²) >= 11 is 0.